The maximum atomic E-state index is 13.5. The van der Waals surface area contributed by atoms with Gasteiger partial charge in [0.1, 0.15) is 11.3 Å². The molecule has 0 aliphatic rings. The van der Waals surface area contributed by atoms with Crippen molar-refractivity contribution in [2.75, 3.05) is 11.5 Å². The molecule has 3 nitrogen and oxygen atoms in total. The number of rotatable bonds is 2. The first-order chi connectivity index (χ1) is 9.27. The van der Waals surface area contributed by atoms with E-state index in [-0.39, 0.29) is 17.1 Å². The van der Waals surface area contributed by atoms with Crippen LogP contribution in [0.5, 0.6) is 11.5 Å². The quantitative estimate of drug-likeness (QED) is 0.652. The summed E-state index contributed by atoms with van der Waals surface area (Å²) in [5.41, 5.74) is 9.67. The van der Waals surface area contributed by atoms with Gasteiger partial charge in [0.15, 0.2) is 11.6 Å². The van der Waals surface area contributed by atoms with Gasteiger partial charge in [0, 0.05) is 17.4 Å². The van der Waals surface area contributed by atoms with Gasteiger partial charge < -0.3 is 16.2 Å². The molecule has 0 unspecified atom stereocenters. The second-order valence-corrected chi connectivity index (χ2v) is 4.05. The van der Waals surface area contributed by atoms with Gasteiger partial charge in [-0.3, -0.25) is 0 Å². The first-order valence-electron chi connectivity index (χ1n) is 5.47. The standard InChI is InChI=1S/C13H10F4N2O/c14-10-6-8(19)2-4-12(10)20-11-3-1-7(18)5-9(11)13(15,16)17/h1-6H,18-19H2. The fraction of sp³-hybridized carbons (Fsp3) is 0.0769. The Kier molecular flexibility index (Phi) is 3.44. The van der Waals surface area contributed by atoms with E-state index in [1.807, 2.05) is 0 Å². The van der Waals surface area contributed by atoms with E-state index in [0.717, 1.165) is 24.3 Å². The maximum Gasteiger partial charge on any atom is 0.420 e. The number of halogens is 4. The van der Waals surface area contributed by atoms with Crippen molar-refractivity contribution < 1.29 is 22.3 Å². The van der Waals surface area contributed by atoms with Crippen LogP contribution in [0.15, 0.2) is 36.4 Å². The molecule has 4 N–H and O–H groups in total. The van der Waals surface area contributed by atoms with Gasteiger partial charge in [-0.2, -0.15) is 13.2 Å². The molecule has 0 saturated carbocycles. The van der Waals surface area contributed by atoms with Crippen LogP contribution in [0.2, 0.25) is 0 Å². The van der Waals surface area contributed by atoms with Gasteiger partial charge >= 0.3 is 6.18 Å². The van der Waals surface area contributed by atoms with Crippen molar-refractivity contribution in [2.45, 2.75) is 6.18 Å². The maximum absolute atomic E-state index is 13.5. The molecule has 106 valence electrons. The van der Waals surface area contributed by atoms with Crippen molar-refractivity contribution >= 4 is 11.4 Å². The average Bonchev–Trinajstić information content (AvgIpc) is 2.33. The van der Waals surface area contributed by atoms with Crippen LogP contribution in [-0.4, -0.2) is 0 Å². The van der Waals surface area contributed by atoms with E-state index in [1.54, 1.807) is 0 Å². The molecule has 0 bridgehead atoms. The van der Waals surface area contributed by atoms with E-state index in [1.165, 1.54) is 12.1 Å². The number of hydrogen-bond acceptors (Lipinski definition) is 3. The van der Waals surface area contributed by atoms with Crippen LogP contribution in [0.3, 0.4) is 0 Å². The minimum Gasteiger partial charge on any atom is -0.454 e. The molecule has 2 rings (SSSR count). The highest BCUT2D eigenvalue weighted by Gasteiger charge is 2.35. The van der Waals surface area contributed by atoms with E-state index < -0.39 is 23.3 Å². The Bertz CT molecular complexity index is 641. The number of ether oxygens (including phenoxy) is 1. The van der Waals surface area contributed by atoms with Crippen LogP contribution >= 0.6 is 0 Å². The minimum absolute atomic E-state index is 0.0672. The van der Waals surface area contributed by atoms with Crippen molar-refractivity contribution in [1.29, 1.82) is 0 Å². The second-order valence-electron chi connectivity index (χ2n) is 4.05. The first kappa shape index (κ1) is 14.0. The Morgan fingerprint density at radius 2 is 1.40 bits per heavy atom. The molecule has 0 saturated heterocycles. The lowest BCUT2D eigenvalue weighted by atomic mass is 10.1. The van der Waals surface area contributed by atoms with Gasteiger partial charge in [-0.05, 0) is 30.3 Å². The first-order valence-corrected chi connectivity index (χ1v) is 5.47. The van der Waals surface area contributed by atoms with Crippen LogP contribution in [0.4, 0.5) is 28.9 Å². The normalized spacial score (nSPS) is 11.4. The third-order valence-corrected chi connectivity index (χ3v) is 2.48. The lowest BCUT2D eigenvalue weighted by Crippen LogP contribution is -2.08. The summed E-state index contributed by atoms with van der Waals surface area (Å²) in [6.45, 7) is 0. The Morgan fingerprint density at radius 1 is 0.850 bits per heavy atom. The van der Waals surface area contributed by atoms with E-state index in [0.29, 0.717) is 0 Å². The molecule has 0 radical (unpaired) electrons. The predicted molar refractivity (Wildman–Crippen MR) is 66.7 cm³/mol. The van der Waals surface area contributed by atoms with Gasteiger partial charge in [0.25, 0.3) is 0 Å². The average molecular weight is 286 g/mol. The molecule has 0 spiro atoms. The summed E-state index contributed by atoms with van der Waals surface area (Å²) in [6.07, 6.45) is -4.66. The highest BCUT2D eigenvalue weighted by Crippen LogP contribution is 2.39. The van der Waals surface area contributed by atoms with Gasteiger partial charge in [-0.25, -0.2) is 4.39 Å². The molecular weight excluding hydrogens is 276 g/mol. The van der Waals surface area contributed by atoms with Crippen molar-refractivity contribution in [1.82, 2.24) is 0 Å². The van der Waals surface area contributed by atoms with Crippen molar-refractivity contribution in [3.63, 3.8) is 0 Å². The smallest absolute Gasteiger partial charge is 0.420 e. The third-order valence-electron chi connectivity index (χ3n) is 2.48. The number of alkyl halides is 3. The topological polar surface area (TPSA) is 61.3 Å². The Labute approximate surface area is 111 Å². The number of nitrogen functional groups attached to an aromatic ring is 2. The van der Waals surface area contributed by atoms with E-state index in [9.17, 15) is 17.6 Å². The van der Waals surface area contributed by atoms with Crippen LogP contribution in [0.25, 0.3) is 0 Å². The minimum atomic E-state index is -4.66. The van der Waals surface area contributed by atoms with Crippen LogP contribution < -0.4 is 16.2 Å². The van der Waals surface area contributed by atoms with Crippen LogP contribution in [-0.2, 0) is 6.18 Å². The van der Waals surface area contributed by atoms with Gasteiger partial charge in [0.05, 0.1) is 0 Å². The van der Waals surface area contributed by atoms with Crippen LogP contribution in [0, 0.1) is 5.82 Å². The molecule has 2 aromatic carbocycles. The Morgan fingerprint density at radius 3 is 1.95 bits per heavy atom. The summed E-state index contributed by atoms with van der Waals surface area (Å²) >= 11 is 0. The molecule has 0 heterocycles. The fourth-order valence-electron chi connectivity index (χ4n) is 1.58. The summed E-state index contributed by atoms with van der Waals surface area (Å²) in [5.74, 6) is -1.74. The molecule has 0 amide bonds. The van der Waals surface area contributed by atoms with Crippen molar-refractivity contribution in [2.24, 2.45) is 0 Å². The van der Waals surface area contributed by atoms with E-state index in [4.69, 9.17) is 16.2 Å². The van der Waals surface area contributed by atoms with Crippen molar-refractivity contribution in [3.05, 3.63) is 47.8 Å². The van der Waals surface area contributed by atoms with Crippen LogP contribution in [0.1, 0.15) is 5.56 Å². The molecule has 2 aromatic rings. The zero-order valence-corrected chi connectivity index (χ0v) is 10.0. The number of nitrogens with two attached hydrogens (primary N) is 2. The highest BCUT2D eigenvalue weighted by molar-refractivity contribution is 5.51. The number of benzene rings is 2. The summed E-state index contributed by atoms with van der Waals surface area (Å²) in [6, 6.07) is 6.43. The number of hydrogen-bond donors (Lipinski definition) is 2. The number of anilines is 2. The molecule has 7 heteroatoms. The van der Waals surface area contributed by atoms with Gasteiger partial charge in [-0.15, -0.1) is 0 Å². The third kappa shape index (κ3) is 2.93. The molecule has 0 fully saturated rings. The predicted octanol–water partition coefficient (Wildman–Crippen LogP) is 3.80. The lowest BCUT2D eigenvalue weighted by molar-refractivity contribution is -0.138. The fourth-order valence-corrected chi connectivity index (χ4v) is 1.58. The largest absolute Gasteiger partial charge is 0.454 e. The molecule has 20 heavy (non-hydrogen) atoms. The zero-order valence-electron chi connectivity index (χ0n) is 10.0. The Hall–Kier alpha value is -2.44. The highest BCUT2D eigenvalue weighted by atomic mass is 19.4. The second kappa shape index (κ2) is 4.92. The van der Waals surface area contributed by atoms with Gasteiger partial charge in [0.2, 0.25) is 0 Å². The molecule has 0 atom stereocenters. The molecule has 0 aliphatic carbocycles. The summed E-state index contributed by atoms with van der Waals surface area (Å²) in [5, 5.41) is 0. The molecule has 0 aliphatic heterocycles. The summed E-state index contributed by atoms with van der Waals surface area (Å²) in [4.78, 5) is 0. The lowest BCUT2D eigenvalue weighted by Gasteiger charge is -2.14. The summed E-state index contributed by atoms with van der Waals surface area (Å²) in [7, 11) is 0. The SMILES string of the molecule is Nc1ccc(Oc2ccc(N)cc2C(F)(F)F)c(F)c1. The summed E-state index contributed by atoms with van der Waals surface area (Å²) < 4.78 is 57.0. The zero-order chi connectivity index (χ0) is 14.9. The van der Waals surface area contributed by atoms with Crippen molar-refractivity contribution in [3.8, 4) is 11.5 Å². The monoisotopic (exact) mass is 286 g/mol. The Balaban J connectivity index is 2.43. The molecular formula is C13H10F4N2O. The van der Waals surface area contributed by atoms with Gasteiger partial charge in [-0.1, -0.05) is 0 Å². The van der Waals surface area contributed by atoms with E-state index in [2.05, 4.69) is 0 Å². The molecule has 0 aromatic heterocycles. The van der Waals surface area contributed by atoms with E-state index >= 15 is 0 Å².